The first-order valence-corrected chi connectivity index (χ1v) is 15.7. The highest BCUT2D eigenvalue weighted by Crippen LogP contribution is 2.38. The Morgan fingerprint density at radius 2 is 1.94 bits per heavy atom. The van der Waals surface area contributed by atoms with Gasteiger partial charge in [0.05, 0.1) is 42.2 Å². The van der Waals surface area contributed by atoms with Gasteiger partial charge >= 0.3 is 6.09 Å². The van der Waals surface area contributed by atoms with Crippen LogP contribution in [0.2, 0.25) is 25.7 Å². The summed E-state index contributed by atoms with van der Waals surface area (Å²) in [6, 6.07) is 8.89. The lowest BCUT2D eigenvalue weighted by atomic mass is 9.92. The number of rotatable bonds is 5. The van der Waals surface area contributed by atoms with Crippen molar-refractivity contribution < 1.29 is 14.3 Å². The smallest absolute Gasteiger partial charge is 0.410 e. The van der Waals surface area contributed by atoms with Crippen molar-refractivity contribution in [3.05, 3.63) is 46.8 Å². The Morgan fingerprint density at radius 1 is 1.24 bits per heavy atom. The molecule has 3 heterocycles. The van der Waals surface area contributed by atoms with E-state index in [0.717, 1.165) is 28.7 Å². The number of ether oxygens (including phenoxy) is 1. The molecule has 2 aliphatic heterocycles. The maximum Gasteiger partial charge on any atom is 0.410 e. The van der Waals surface area contributed by atoms with E-state index in [0.29, 0.717) is 25.5 Å². The number of nitrogens with zero attached hydrogens (tertiary/aromatic N) is 3. The lowest BCUT2D eigenvalue weighted by molar-refractivity contribution is -0.121. The average Bonchev–Trinajstić information content (AvgIpc) is 3.03. The second-order valence-electron chi connectivity index (χ2n) is 10.8. The maximum absolute atomic E-state index is 13.1. The Bertz CT molecular complexity index is 1040. The molecular weight excluding hydrogens is 432 g/mol. The Kier molecular flexibility index (Phi) is 6.40. The van der Waals surface area contributed by atoms with Gasteiger partial charge in [-0.2, -0.15) is 5.10 Å². The van der Waals surface area contributed by atoms with Crippen molar-refractivity contribution in [3.8, 4) is 5.69 Å². The highest BCUT2D eigenvalue weighted by atomic mass is 28.3. The number of aromatic nitrogens is 2. The van der Waals surface area contributed by atoms with Crippen molar-refractivity contribution >= 4 is 20.1 Å². The molecule has 0 saturated heterocycles. The van der Waals surface area contributed by atoms with Crippen molar-refractivity contribution in [1.29, 1.82) is 0 Å². The van der Waals surface area contributed by atoms with Crippen molar-refractivity contribution in [2.24, 2.45) is 0 Å². The zero-order valence-corrected chi connectivity index (χ0v) is 21.6. The molecule has 2 aliphatic rings. The van der Waals surface area contributed by atoms with Gasteiger partial charge in [0.2, 0.25) is 5.91 Å². The fourth-order valence-electron chi connectivity index (χ4n) is 4.75. The molecule has 0 radical (unpaired) electrons. The SMILES string of the molecule is CC(C)c1ccc(-n2nc3c4c2CCN(C(=O)OCC[Si](C)(C)C)C4C(C)NC(=O)C3)cc1. The minimum atomic E-state index is -1.30. The number of nitrogens with one attached hydrogen (secondary N) is 1. The van der Waals surface area contributed by atoms with Crippen molar-refractivity contribution in [1.82, 2.24) is 20.0 Å². The summed E-state index contributed by atoms with van der Waals surface area (Å²) in [5.74, 6) is 0.396. The second kappa shape index (κ2) is 8.97. The van der Waals surface area contributed by atoms with E-state index in [-0.39, 0.29) is 30.5 Å². The molecule has 7 nitrogen and oxygen atoms in total. The van der Waals surface area contributed by atoms with Crippen LogP contribution in [0, 0.1) is 0 Å². The van der Waals surface area contributed by atoms with Crippen LogP contribution >= 0.6 is 0 Å². The molecule has 0 spiro atoms. The number of amides is 2. The topological polar surface area (TPSA) is 76.5 Å². The molecule has 0 bridgehead atoms. The normalized spacial score (nSPS) is 20.3. The molecule has 178 valence electrons. The molecule has 2 atom stereocenters. The monoisotopic (exact) mass is 468 g/mol. The summed E-state index contributed by atoms with van der Waals surface area (Å²) in [4.78, 5) is 27.5. The third-order valence-electron chi connectivity index (χ3n) is 6.63. The fourth-order valence-corrected chi connectivity index (χ4v) is 5.47. The summed E-state index contributed by atoms with van der Waals surface area (Å²) in [5, 5.41) is 7.92. The minimum absolute atomic E-state index is 0.0634. The molecule has 0 fully saturated rings. The fraction of sp³-hybridized carbons (Fsp3) is 0.560. The molecule has 1 N–H and O–H groups in total. The molecule has 1 aromatic carbocycles. The van der Waals surface area contributed by atoms with Gasteiger partial charge in [-0.15, -0.1) is 0 Å². The van der Waals surface area contributed by atoms with Crippen LogP contribution in [0.1, 0.15) is 55.2 Å². The number of hydrogen-bond donors (Lipinski definition) is 1. The zero-order chi connectivity index (χ0) is 23.9. The van der Waals surface area contributed by atoms with Gasteiger partial charge in [0.1, 0.15) is 0 Å². The van der Waals surface area contributed by atoms with Gasteiger partial charge in [-0.3, -0.25) is 9.69 Å². The first kappa shape index (κ1) is 23.5. The number of carbonyl (C=O) groups is 2. The summed E-state index contributed by atoms with van der Waals surface area (Å²) < 4.78 is 7.67. The third-order valence-corrected chi connectivity index (χ3v) is 8.33. The lowest BCUT2D eigenvalue weighted by Crippen LogP contribution is -2.49. The van der Waals surface area contributed by atoms with Gasteiger partial charge < -0.3 is 10.1 Å². The lowest BCUT2D eigenvalue weighted by Gasteiger charge is -2.38. The van der Waals surface area contributed by atoms with E-state index >= 15 is 0 Å². The van der Waals surface area contributed by atoms with Crippen LogP contribution in [-0.2, 0) is 22.4 Å². The summed E-state index contributed by atoms with van der Waals surface area (Å²) in [7, 11) is -1.30. The summed E-state index contributed by atoms with van der Waals surface area (Å²) in [6.45, 7) is 14.1. The van der Waals surface area contributed by atoms with E-state index in [9.17, 15) is 9.59 Å². The van der Waals surface area contributed by atoms with Crippen LogP contribution in [0.3, 0.4) is 0 Å². The molecule has 2 amide bonds. The third kappa shape index (κ3) is 4.85. The number of hydrogen-bond acceptors (Lipinski definition) is 4. The van der Waals surface area contributed by atoms with Crippen LogP contribution in [-0.4, -0.2) is 53.9 Å². The molecule has 0 saturated carbocycles. The molecule has 8 heteroatoms. The highest BCUT2D eigenvalue weighted by Gasteiger charge is 2.42. The molecule has 4 rings (SSSR count). The van der Waals surface area contributed by atoms with Gasteiger partial charge in [-0.25, -0.2) is 9.48 Å². The van der Waals surface area contributed by atoms with E-state index in [1.165, 1.54) is 5.56 Å². The molecule has 33 heavy (non-hydrogen) atoms. The second-order valence-corrected chi connectivity index (χ2v) is 16.4. The van der Waals surface area contributed by atoms with Gasteiger partial charge in [-0.1, -0.05) is 45.6 Å². The van der Waals surface area contributed by atoms with Crippen LogP contribution in [0.5, 0.6) is 0 Å². The Labute approximate surface area is 197 Å². The average molecular weight is 469 g/mol. The van der Waals surface area contributed by atoms with Gasteiger partial charge in [0, 0.05) is 26.6 Å². The van der Waals surface area contributed by atoms with E-state index < -0.39 is 8.07 Å². The Hall–Kier alpha value is -2.61. The summed E-state index contributed by atoms with van der Waals surface area (Å²) in [5.41, 5.74) is 5.10. The zero-order valence-electron chi connectivity index (χ0n) is 20.6. The van der Waals surface area contributed by atoms with E-state index in [2.05, 4.69) is 63.1 Å². The standard InChI is InChI=1S/C25H36N4O3Si/c1-16(2)18-7-9-19(10-8-18)29-21-11-12-28(25(31)32-13-14-33(4,5)6)24-17(3)26-22(30)15-20(27-29)23(21)24/h7-10,16-17,24H,11-15H2,1-6H3,(H,26,30). The van der Waals surface area contributed by atoms with Crippen LogP contribution in [0.4, 0.5) is 4.79 Å². The van der Waals surface area contributed by atoms with Gasteiger partial charge in [0.15, 0.2) is 0 Å². The number of carbonyl (C=O) groups excluding carboxylic acids is 2. The maximum atomic E-state index is 13.1. The van der Waals surface area contributed by atoms with E-state index in [1.807, 2.05) is 11.6 Å². The van der Waals surface area contributed by atoms with Crippen molar-refractivity contribution in [2.75, 3.05) is 13.2 Å². The quantitative estimate of drug-likeness (QED) is 0.659. The van der Waals surface area contributed by atoms with Crippen LogP contribution in [0.15, 0.2) is 24.3 Å². The predicted molar refractivity (Wildman–Crippen MR) is 132 cm³/mol. The Morgan fingerprint density at radius 3 is 2.58 bits per heavy atom. The minimum Gasteiger partial charge on any atom is -0.450 e. The molecule has 2 aromatic rings. The number of benzene rings is 1. The Balaban J connectivity index is 1.68. The first-order chi connectivity index (χ1) is 15.5. The van der Waals surface area contributed by atoms with Gasteiger partial charge in [-0.05, 0) is 36.6 Å². The molecule has 0 aliphatic carbocycles. The van der Waals surface area contributed by atoms with Crippen LogP contribution < -0.4 is 5.32 Å². The van der Waals surface area contributed by atoms with E-state index in [4.69, 9.17) is 9.84 Å². The molecule has 2 unspecified atom stereocenters. The first-order valence-electron chi connectivity index (χ1n) is 12.0. The van der Waals surface area contributed by atoms with E-state index in [1.54, 1.807) is 4.90 Å². The summed E-state index contributed by atoms with van der Waals surface area (Å²) >= 11 is 0. The van der Waals surface area contributed by atoms with Gasteiger partial charge in [0.25, 0.3) is 0 Å². The van der Waals surface area contributed by atoms with Crippen molar-refractivity contribution in [2.45, 2.75) is 77.3 Å². The molecular formula is C25H36N4O3Si. The van der Waals surface area contributed by atoms with Crippen molar-refractivity contribution in [3.63, 3.8) is 0 Å². The largest absolute Gasteiger partial charge is 0.450 e. The highest BCUT2D eigenvalue weighted by molar-refractivity contribution is 6.76. The van der Waals surface area contributed by atoms with Crippen LogP contribution in [0.25, 0.3) is 5.69 Å². The predicted octanol–water partition coefficient (Wildman–Crippen LogP) is 4.43. The summed E-state index contributed by atoms with van der Waals surface area (Å²) in [6.07, 6.45) is 0.597. The molecule has 1 aromatic heterocycles.